The Morgan fingerprint density at radius 3 is 2.71 bits per heavy atom. The van der Waals surface area contributed by atoms with Gasteiger partial charge in [-0.25, -0.2) is 0 Å². The maximum absolute atomic E-state index is 12.9. The SMILES string of the molecule is COc1c(O)ccc2c1C13CC[N+](C)(CC4CC4)[C@H](C2)[C@]1(O)CCC(=O)C3C. The van der Waals surface area contributed by atoms with Crippen LogP contribution in [0.3, 0.4) is 0 Å². The molecule has 3 unspecified atom stereocenters. The Morgan fingerprint density at radius 2 is 2.04 bits per heavy atom. The van der Waals surface area contributed by atoms with Gasteiger partial charge in [0, 0.05) is 42.1 Å². The van der Waals surface area contributed by atoms with Gasteiger partial charge in [0.1, 0.15) is 17.4 Å². The van der Waals surface area contributed by atoms with Crippen LogP contribution < -0.4 is 4.74 Å². The van der Waals surface area contributed by atoms with Crippen molar-refractivity contribution in [2.45, 2.75) is 62.5 Å². The number of rotatable bonds is 3. The zero-order valence-corrected chi connectivity index (χ0v) is 17.2. The first-order valence-corrected chi connectivity index (χ1v) is 10.8. The third-order valence-electron chi connectivity index (χ3n) is 8.73. The number of methoxy groups -OCH3 is 1. The number of phenolic OH excluding ortho intramolecular Hbond substituents is 1. The average Bonchev–Trinajstić information content (AvgIpc) is 3.46. The largest absolute Gasteiger partial charge is 0.504 e. The molecule has 5 rings (SSSR count). The Hall–Kier alpha value is -1.59. The van der Waals surface area contributed by atoms with E-state index < -0.39 is 11.0 Å². The second-order valence-electron chi connectivity index (χ2n) is 10.0. The Bertz CT molecular complexity index is 849. The normalized spacial score (nSPS) is 41.9. The highest BCUT2D eigenvalue weighted by atomic mass is 16.5. The fraction of sp³-hybridized carbons (Fsp3) is 0.696. The van der Waals surface area contributed by atoms with Gasteiger partial charge < -0.3 is 19.4 Å². The van der Waals surface area contributed by atoms with E-state index in [9.17, 15) is 15.0 Å². The summed E-state index contributed by atoms with van der Waals surface area (Å²) < 4.78 is 6.55. The maximum Gasteiger partial charge on any atom is 0.164 e. The quantitative estimate of drug-likeness (QED) is 0.784. The minimum atomic E-state index is -0.948. The van der Waals surface area contributed by atoms with Crippen molar-refractivity contribution < 1.29 is 24.2 Å². The Balaban J connectivity index is 1.76. The van der Waals surface area contributed by atoms with E-state index in [0.717, 1.165) is 47.5 Å². The number of likely N-dealkylation sites (tertiary alicyclic amines) is 1. The van der Waals surface area contributed by atoms with Crippen LogP contribution in [0.25, 0.3) is 0 Å². The number of aliphatic hydroxyl groups is 1. The van der Waals surface area contributed by atoms with Crippen LogP contribution in [0, 0.1) is 11.8 Å². The molecule has 1 aromatic carbocycles. The van der Waals surface area contributed by atoms with E-state index in [4.69, 9.17) is 4.74 Å². The van der Waals surface area contributed by atoms with Crippen LogP contribution >= 0.6 is 0 Å². The van der Waals surface area contributed by atoms with E-state index in [1.165, 1.54) is 12.8 Å². The molecule has 1 heterocycles. The summed E-state index contributed by atoms with van der Waals surface area (Å²) in [5.41, 5.74) is 0.403. The molecule has 0 radical (unpaired) electrons. The molecule has 1 saturated heterocycles. The molecule has 0 amide bonds. The van der Waals surface area contributed by atoms with E-state index in [-0.39, 0.29) is 23.5 Å². The van der Waals surface area contributed by atoms with Crippen LogP contribution in [0.4, 0.5) is 0 Å². The fourth-order valence-electron chi connectivity index (χ4n) is 7.15. The summed E-state index contributed by atoms with van der Waals surface area (Å²) in [7, 11) is 3.89. The number of ether oxygens (including phenoxy) is 1. The second kappa shape index (κ2) is 5.73. The number of nitrogens with zero attached hydrogens (tertiary/aromatic N) is 1. The van der Waals surface area contributed by atoms with E-state index in [1.54, 1.807) is 13.2 Å². The summed E-state index contributed by atoms with van der Waals surface area (Å²) in [4.78, 5) is 12.9. The van der Waals surface area contributed by atoms with Gasteiger partial charge in [-0.05, 0) is 30.9 Å². The molecule has 0 spiro atoms. The Kier molecular flexibility index (Phi) is 3.77. The van der Waals surface area contributed by atoms with Gasteiger partial charge in [-0.3, -0.25) is 4.79 Å². The van der Waals surface area contributed by atoms with Crippen molar-refractivity contribution in [2.24, 2.45) is 11.8 Å². The lowest BCUT2D eigenvalue weighted by Gasteiger charge is -2.66. The summed E-state index contributed by atoms with van der Waals surface area (Å²) in [6, 6.07) is 3.77. The molecule has 4 aliphatic rings. The number of Topliss-reactive ketones (excluding diaryl/α,β-unsaturated/α-hetero) is 1. The standard InChI is InChI=1S/C23H31NO4/c1-14-17(25)8-9-23(27)19-12-16-6-7-18(26)21(28-3)20(16)22(14,23)10-11-24(19,2)13-15-4-5-15/h6-7,14-15,19,27H,4-5,8-13H2,1-3H3/p+1/t14?,19-,22?,23-,24?/m1/s1. The Morgan fingerprint density at radius 1 is 1.29 bits per heavy atom. The highest BCUT2D eigenvalue weighted by Crippen LogP contribution is 2.63. The minimum absolute atomic E-state index is 0.0825. The van der Waals surface area contributed by atoms with E-state index in [0.29, 0.717) is 18.6 Å². The van der Waals surface area contributed by atoms with Gasteiger partial charge in [0.15, 0.2) is 11.5 Å². The molecule has 3 aliphatic carbocycles. The molecule has 3 fully saturated rings. The lowest BCUT2D eigenvalue weighted by molar-refractivity contribution is -0.950. The van der Waals surface area contributed by atoms with Gasteiger partial charge in [0.25, 0.3) is 0 Å². The first-order chi connectivity index (χ1) is 13.3. The number of benzene rings is 1. The third kappa shape index (κ3) is 2.12. The highest BCUT2D eigenvalue weighted by Gasteiger charge is 2.72. The summed E-state index contributed by atoms with van der Waals surface area (Å²) >= 11 is 0. The summed E-state index contributed by atoms with van der Waals surface area (Å²) in [6.45, 7) is 4.06. The van der Waals surface area contributed by atoms with Gasteiger partial charge in [-0.2, -0.15) is 0 Å². The molecule has 1 aromatic rings. The number of carbonyl (C=O) groups excluding carboxylic acids is 1. The first kappa shape index (κ1) is 18.4. The molecular formula is C23H32NO4+. The van der Waals surface area contributed by atoms with Gasteiger partial charge in [-0.1, -0.05) is 13.0 Å². The molecule has 1 aliphatic heterocycles. The van der Waals surface area contributed by atoms with Crippen molar-refractivity contribution in [3.8, 4) is 11.5 Å². The zero-order valence-electron chi connectivity index (χ0n) is 17.2. The molecule has 5 atom stereocenters. The van der Waals surface area contributed by atoms with Crippen LogP contribution in [-0.4, -0.2) is 59.4 Å². The summed E-state index contributed by atoms with van der Waals surface area (Å²) in [6.07, 6.45) is 5.08. The van der Waals surface area contributed by atoms with E-state index in [2.05, 4.69) is 7.05 Å². The number of phenols is 1. The molecule has 28 heavy (non-hydrogen) atoms. The van der Waals surface area contributed by atoms with Crippen molar-refractivity contribution in [3.63, 3.8) is 0 Å². The number of hydrogen-bond donors (Lipinski definition) is 2. The maximum atomic E-state index is 12.9. The van der Waals surface area contributed by atoms with Gasteiger partial charge in [-0.15, -0.1) is 0 Å². The van der Waals surface area contributed by atoms with Crippen LogP contribution in [0.5, 0.6) is 11.5 Å². The molecule has 5 heteroatoms. The number of quaternary nitrogens is 1. The lowest BCUT2D eigenvalue weighted by Crippen LogP contribution is -2.80. The molecular weight excluding hydrogens is 354 g/mol. The van der Waals surface area contributed by atoms with E-state index in [1.807, 2.05) is 13.0 Å². The topological polar surface area (TPSA) is 66.8 Å². The van der Waals surface area contributed by atoms with Crippen molar-refractivity contribution in [3.05, 3.63) is 23.3 Å². The molecule has 2 N–H and O–H groups in total. The molecule has 5 nitrogen and oxygen atoms in total. The second-order valence-corrected chi connectivity index (χ2v) is 10.0. The van der Waals surface area contributed by atoms with Crippen molar-refractivity contribution in [1.29, 1.82) is 0 Å². The van der Waals surface area contributed by atoms with Gasteiger partial charge >= 0.3 is 0 Å². The third-order valence-corrected chi connectivity index (χ3v) is 8.73. The van der Waals surface area contributed by atoms with Gasteiger partial charge in [0.2, 0.25) is 0 Å². The number of ketones is 1. The zero-order chi connectivity index (χ0) is 19.9. The van der Waals surface area contributed by atoms with Crippen LogP contribution in [0.1, 0.15) is 50.2 Å². The number of aromatic hydroxyl groups is 1. The molecule has 152 valence electrons. The minimum Gasteiger partial charge on any atom is -0.504 e. The smallest absolute Gasteiger partial charge is 0.164 e. The van der Waals surface area contributed by atoms with Crippen molar-refractivity contribution in [1.82, 2.24) is 0 Å². The fourth-order valence-corrected chi connectivity index (χ4v) is 7.15. The number of carbonyl (C=O) groups is 1. The lowest BCUT2D eigenvalue weighted by atomic mass is 9.45. The van der Waals surface area contributed by atoms with Crippen molar-refractivity contribution >= 4 is 5.78 Å². The monoisotopic (exact) mass is 386 g/mol. The number of likely N-dealkylation sites (N-methyl/N-ethyl adjacent to an activating group) is 1. The number of hydrogen-bond acceptors (Lipinski definition) is 4. The number of piperidine rings is 1. The van der Waals surface area contributed by atoms with Gasteiger partial charge in [0.05, 0.1) is 27.2 Å². The molecule has 2 saturated carbocycles. The highest BCUT2D eigenvalue weighted by molar-refractivity contribution is 5.85. The predicted molar refractivity (Wildman–Crippen MR) is 105 cm³/mol. The van der Waals surface area contributed by atoms with Crippen LogP contribution in [-0.2, 0) is 16.6 Å². The number of fused-ring (bicyclic) bond motifs is 1. The van der Waals surface area contributed by atoms with E-state index >= 15 is 0 Å². The average molecular weight is 387 g/mol. The summed E-state index contributed by atoms with van der Waals surface area (Å²) in [5.74, 6) is 1.27. The van der Waals surface area contributed by atoms with Crippen LogP contribution in [0.2, 0.25) is 0 Å². The summed E-state index contributed by atoms with van der Waals surface area (Å²) in [5, 5.41) is 22.9. The first-order valence-electron chi connectivity index (χ1n) is 10.8. The molecule has 2 bridgehead atoms. The molecule has 0 aromatic heterocycles. The van der Waals surface area contributed by atoms with Crippen LogP contribution in [0.15, 0.2) is 12.1 Å². The predicted octanol–water partition coefficient (Wildman–Crippen LogP) is 2.55. The Labute approximate surface area is 166 Å². The van der Waals surface area contributed by atoms with Crippen molar-refractivity contribution in [2.75, 3.05) is 27.2 Å².